The number of hydrogen-bond acceptors (Lipinski definition) is 4. The van der Waals surface area contributed by atoms with Gasteiger partial charge in [0.1, 0.15) is 6.54 Å². The SMILES string of the molecule is Cc1nn(CC(=O)N2CCN(Cc3cnn(C)c3)CC2)cc1Br. The van der Waals surface area contributed by atoms with Gasteiger partial charge in [0.2, 0.25) is 5.91 Å². The van der Waals surface area contributed by atoms with Gasteiger partial charge >= 0.3 is 0 Å². The standard InChI is InChI=1S/C15H21BrN6O/c1-12-14(16)10-22(18-12)11-15(23)21-5-3-20(4-6-21)9-13-7-17-19(2)8-13/h7-8,10H,3-6,9,11H2,1-2H3. The molecule has 0 aliphatic carbocycles. The Balaban J connectivity index is 1.49. The van der Waals surface area contributed by atoms with Crippen molar-refractivity contribution in [2.75, 3.05) is 26.2 Å². The molecule has 0 atom stereocenters. The van der Waals surface area contributed by atoms with E-state index in [1.807, 2.05) is 42.1 Å². The summed E-state index contributed by atoms with van der Waals surface area (Å²) in [4.78, 5) is 16.7. The first-order valence-electron chi connectivity index (χ1n) is 7.68. The first-order chi connectivity index (χ1) is 11.0. The second-order valence-corrected chi connectivity index (χ2v) is 6.79. The largest absolute Gasteiger partial charge is 0.339 e. The van der Waals surface area contributed by atoms with Gasteiger partial charge in [-0.1, -0.05) is 0 Å². The molecule has 3 heterocycles. The van der Waals surface area contributed by atoms with E-state index in [0.29, 0.717) is 6.54 Å². The van der Waals surface area contributed by atoms with Gasteiger partial charge in [0.25, 0.3) is 0 Å². The summed E-state index contributed by atoms with van der Waals surface area (Å²) in [7, 11) is 1.93. The maximum Gasteiger partial charge on any atom is 0.244 e. The molecule has 2 aromatic rings. The molecule has 1 amide bonds. The van der Waals surface area contributed by atoms with Crippen molar-refractivity contribution < 1.29 is 4.79 Å². The predicted octanol–water partition coefficient (Wildman–Crippen LogP) is 1.03. The monoisotopic (exact) mass is 380 g/mol. The van der Waals surface area contributed by atoms with Gasteiger partial charge in [0.15, 0.2) is 0 Å². The Bertz CT molecular complexity index is 666. The van der Waals surface area contributed by atoms with Crippen LogP contribution in [0.25, 0.3) is 0 Å². The van der Waals surface area contributed by atoms with Crippen LogP contribution in [-0.2, 0) is 24.9 Å². The molecule has 0 N–H and O–H groups in total. The molecule has 3 rings (SSSR count). The summed E-state index contributed by atoms with van der Waals surface area (Å²) in [6.45, 7) is 6.42. The summed E-state index contributed by atoms with van der Waals surface area (Å²) < 4.78 is 4.45. The van der Waals surface area contributed by atoms with Gasteiger partial charge in [0.05, 0.1) is 16.4 Å². The van der Waals surface area contributed by atoms with Gasteiger partial charge in [-0.25, -0.2) is 0 Å². The maximum atomic E-state index is 12.4. The summed E-state index contributed by atoms with van der Waals surface area (Å²) in [5.41, 5.74) is 2.11. The second-order valence-electron chi connectivity index (χ2n) is 5.94. The van der Waals surface area contributed by atoms with E-state index >= 15 is 0 Å². The lowest BCUT2D eigenvalue weighted by Crippen LogP contribution is -2.49. The zero-order valence-electron chi connectivity index (χ0n) is 13.4. The molecule has 1 aliphatic heterocycles. The van der Waals surface area contributed by atoms with E-state index in [0.717, 1.165) is 42.9 Å². The van der Waals surface area contributed by atoms with Crippen LogP contribution in [0.4, 0.5) is 0 Å². The van der Waals surface area contributed by atoms with E-state index in [-0.39, 0.29) is 5.91 Å². The molecule has 8 heteroatoms. The number of nitrogens with zero attached hydrogens (tertiary/aromatic N) is 6. The zero-order chi connectivity index (χ0) is 16.4. The normalized spacial score (nSPS) is 16.0. The molecular weight excluding hydrogens is 360 g/mol. The highest BCUT2D eigenvalue weighted by molar-refractivity contribution is 9.10. The Hall–Kier alpha value is -1.67. The van der Waals surface area contributed by atoms with Crippen molar-refractivity contribution >= 4 is 21.8 Å². The van der Waals surface area contributed by atoms with Gasteiger partial charge in [-0.3, -0.25) is 19.1 Å². The fourth-order valence-corrected chi connectivity index (χ4v) is 3.10. The first-order valence-corrected chi connectivity index (χ1v) is 8.48. The number of carbonyl (C=O) groups is 1. The molecule has 0 bridgehead atoms. The van der Waals surface area contributed by atoms with Crippen molar-refractivity contribution in [1.82, 2.24) is 29.4 Å². The number of amides is 1. The maximum absolute atomic E-state index is 12.4. The van der Waals surface area contributed by atoms with E-state index in [1.54, 1.807) is 4.68 Å². The molecule has 7 nitrogen and oxygen atoms in total. The summed E-state index contributed by atoms with van der Waals surface area (Å²) in [6.07, 6.45) is 5.79. The van der Waals surface area contributed by atoms with E-state index in [2.05, 4.69) is 31.0 Å². The van der Waals surface area contributed by atoms with Gasteiger partial charge in [-0.2, -0.15) is 10.2 Å². The second kappa shape index (κ2) is 6.84. The molecular formula is C15H21BrN6O. The molecule has 0 saturated carbocycles. The average molecular weight is 381 g/mol. The average Bonchev–Trinajstić information content (AvgIpc) is 3.05. The summed E-state index contributed by atoms with van der Waals surface area (Å²) >= 11 is 3.42. The minimum absolute atomic E-state index is 0.126. The van der Waals surface area contributed by atoms with Crippen LogP contribution in [0.2, 0.25) is 0 Å². The van der Waals surface area contributed by atoms with Crippen LogP contribution in [0.1, 0.15) is 11.3 Å². The summed E-state index contributed by atoms with van der Waals surface area (Å²) in [5.74, 6) is 0.126. The third kappa shape index (κ3) is 4.00. The van der Waals surface area contributed by atoms with Crippen LogP contribution >= 0.6 is 15.9 Å². The quantitative estimate of drug-likeness (QED) is 0.794. The Morgan fingerprint density at radius 1 is 1.26 bits per heavy atom. The molecule has 0 spiro atoms. The predicted molar refractivity (Wildman–Crippen MR) is 89.7 cm³/mol. The van der Waals surface area contributed by atoms with Crippen LogP contribution < -0.4 is 0 Å². The fraction of sp³-hybridized carbons (Fsp3) is 0.533. The lowest BCUT2D eigenvalue weighted by molar-refractivity contribution is -0.133. The smallest absolute Gasteiger partial charge is 0.244 e. The van der Waals surface area contributed by atoms with E-state index in [1.165, 1.54) is 5.56 Å². The molecule has 1 aliphatic rings. The highest BCUT2D eigenvalue weighted by Crippen LogP contribution is 2.14. The number of hydrogen-bond donors (Lipinski definition) is 0. The van der Waals surface area contributed by atoms with E-state index in [9.17, 15) is 4.79 Å². The lowest BCUT2D eigenvalue weighted by Gasteiger charge is -2.34. The van der Waals surface area contributed by atoms with Gasteiger partial charge < -0.3 is 4.90 Å². The zero-order valence-corrected chi connectivity index (χ0v) is 15.0. The van der Waals surface area contributed by atoms with Crippen LogP contribution in [0.3, 0.4) is 0 Å². The minimum Gasteiger partial charge on any atom is -0.339 e. The van der Waals surface area contributed by atoms with Crippen molar-refractivity contribution in [3.63, 3.8) is 0 Å². The van der Waals surface area contributed by atoms with Gasteiger partial charge in [-0.05, 0) is 22.9 Å². The van der Waals surface area contributed by atoms with Crippen molar-refractivity contribution in [3.8, 4) is 0 Å². The first kappa shape index (κ1) is 16.2. The van der Waals surface area contributed by atoms with Crippen molar-refractivity contribution in [1.29, 1.82) is 0 Å². The van der Waals surface area contributed by atoms with Gasteiger partial charge in [-0.15, -0.1) is 0 Å². The number of carbonyl (C=O) groups excluding carboxylic acids is 1. The number of halogens is 1. The molecule has 0 unspecified atom stereocenters. The number of aryl methyl sites for hydroxylation is 2. The van der Waals surface area contributed by atoms with E-state index < -0.39 is 0 Å². The third-order valence-corrected chi connectivity index (χ3v) is 4.85. The fourth-order valence-electron chi connectivity index (χ4n) is 2.78. The molecule has 2 aromatic heterocycles. The van der Waals surface area contributed by atoms with Crippen LogP contribution in [0.15, 0.2) is 23.1 Å². The molecule has 124 valence electrons. The van der Waals surface area contributed by atoms with Gasteiger partial charge in [0, 0.05) is 57.7 Å². The third-order valence-electron chi connectivity index (χ3n) is 4.07. The minimum atomic E-state index is 0.126. The van der Waals surface area contributed by atoms with Crippen LogP contribution in [-0.4, -0.2) is 61.4 Å². The molecule has 0 aromatic carbocycles. The number of rotatable bonds is 4. The Labute approximate surface area is 144 Å². The number of aromatic nitrogens is 4. The number of piperazine rings is 1. The van der Waals surface area contributed by atoms with Crippen LogP contribution in [0, 0.1) is 6.92 Å². The highest BCUT2D eigenvalue weighted by atomic mass is 79.9. The van der Waals surface area contributed by atoms with Crippen molar-refractivity contribution in [3.05, 3.63) is 34.3 Å². The molecule has 0 radical (unpaired) electrons. The Kier molecular flexibility index (Phi) is 4.82. The van der Waals surface area contributed by atoms with E-state index in [4.69, 9.17) is 0 Å². The Morgan fingerprint density at radius 2 is 2.00 bits per heavy atom. The molecule has 1 fully saturated rings. The lowest BCUT2D eigenvalue weighted by atomic mass is 10.2. The molecule has 1 saturated heterocycles. The van der Waals surface area contributed by atoms with Crippen molar-refractivity contribution in [2.24, 2.45) is 7.05 Å². The van der Waals surface area contributed by atoms with Crippen LogP contribution in [0.5, 0.6) is 0 Å². The molecule has 23 heavy (non-hydrogen) atoms. The highest BCUT2D eigenvalue weighted by Gasteiger charge is 2.21. The Morgan fingerprint density at radius 3 is 2.57 bits per heavy atom. The summed E-state index contributed by atoms with van der Waals surface area (Å²) in [5, 5.41) is 8.51. The summed E-state index contributed by atoms with van der Waals surface area (Å²) in [6, 6.07) is 0. The van der Waals surface area contributed by atoms with Crippen molar-refractivity contribution in [2.45, 2.75) is 20.0 Å². The topological polar surface area (TPSA) is 59.2 Å².